The van der Waals surface area contributed by atoms with E-state index in [4.69, 9.17) is 4.74 Å². The number of rotatable bonds is 3. The van der Waals surface area contributed by atoms with E-state index in [0.29, 0.717) is 16.6 Å². The first-order chi connectivity index (χ1) is 10.1. The van der Waals surface area contributed by atoms with Crippen LogP contribution >= 0.6 is 11.3 Å². The molecular formula is C13H12N4O3S. The largest absolute Gasteiger partial charge is 0.482 e. The van der Waals surface area contributed by atoms with Crippen LogP contribution in [0.3, 0.4) is 0 Å². The number of anilines is 2. The van der Waals surface area contributed by atoms with Crippen LogP contribution in [0, 0.1) is 6.92 Å². The first-order valence-electron chi connectivity index (χ1n) is 6.25. The first kappa shape index (κ1) is 13.5. The maximum atomic E-state index is 12.0. The number of nitrogens with zero attached hydrogens (tertiary/aromatic N) is 3. The van der Waals surface area contributed by atoms with Crippen molar-refractivity contribution in [2.75, 3.05) is 23.4 Å². The minimum absolute atomic E-state index is 0.0673. The number of hydrogen-bond donors (Lipinski definition) is 1. The van der Waals surface area contributed by atoms with Crippen LogP contribution in [0.1, 0.15) is 5.01 Å². The zero-order valence-electron chi connectivity index (χ0n) is 11.2. The second-order valence-corrected chi connectivity index (χ2v) is 5.59. The van der Waals surface area contributed by atoms with Crippen LogP contribution in [0.15, 0.2) is 24.3 Å². The zero-order valence-corrected chi connectivity index (χ0v) is 12.0. The molecule has 0 atom stereocenters. The van der Waals surface area contributed by atoms with E-state index in [9.17, 15) is 9.59 Å². The standard InChI is InChI=1S/C13H12N4O3S/c1-8-15-16-13(21-8)14-11(18)6-17-9-4-2-3-5-10(9)20-7-12(17)19/h2-5H,6-7H2,1H3,(H,14,16,18). The predicted molar refractivity (Wildman–Crippen MR) is 77.6 cm³/mol. The smallest absolute Gasteiger partial charge is 0.265 e. The summed E-state index contributed by atoms with van der Waals surface area (Å²) in [5.41, 5.74) is 0.595. The van der Waals surface area contributed by atoms with Gasteiger partial charge in [-0.15, -0.1) is 10.2 Å². The van der Waals surface area contributed by atoms with E-state index in [2.05, 4.69) is 15.5 Å². The molecule has 0 fully saturated rings. The van der Waals surface area contributed by atoms with Gasteiger partial charge in [0.15, 0.2) is 6.61 Å². The monoisotopic (exact) mass is 304 g/mol. The number of amides is 2. The fraction of sp³-hybridized carbons (Fsp3) is 0.231. The van der Waals surface area contributed by atoms with Gasteiger partial charge < -0.3 is 4.74 Å². The van der Waals surface area contributed by atoms with Crippen molar-refractivity contribution < 1.29 is 14.3 Å². The summed E-state index contributed by atoms with van der Waals surface area (Å²) in [6.45, 7) is 1.65. The highest BCUT2D eigenvalue weighted by molar-refractivity contribution is 7.15. The van der Waals surface area contributed by atoms with Crippen LogP contribution in [0.25, 0.3) is 0 Å². The molecule has 1 N–H and O–H groups in total. The van der Waals surface area contributed by atoms with Gasteiger partial charge in [0, 0.05) is 0 Å². The van der Waals surface area contributed by atoms with Gasteiger partial charge in [0.25, 0.3) is 5.91 Å². The minimum atomic E-state index is -0.323. The third-order valence-corrected chi connectivity index (χ3v) is 3.64. The van der Waals surface area contributed by atoms with Crippen molar-refractivity contribution in [3.05, 3.63) is 29.3 Å². The lowest BCUT2D eigenvalue weighted by molar-refractivity contribution is -0.123. The average Bonchev–Trinajstić information content (AvgIpc) is 2.87. The van der Waals surface area contributed by atoms with Gasteiger partial charge in [-0.2, -0.15) is 0 Å². The van der Waals surface area contributed by atoms with Gasteiger partial charge >= 0.3 is 0 Å². The van der Waals surface area contributed by atoms with Crippen LogP contribution in [-0.4, -0.2) is 35.2 Å². The quantitative estimate of drug-likeness (QED) is 0.921. The summed E-state index contributed by atoms with van der Waals surface area (Å²) in [7, 11) is 0. The molecule has 1 aliphatic heterocycles. The zero-order chi connectivity index (χ0) is 14.8. The highest BCUT2D eigenvalue weighted by Gasteiger charge is 2.27. The van der Waals surface area contributed by atoms with E-state index < -0.39 is 0 Å². The van der Waals surface area contributed by atoms with Crippen LogP contribution in [0.2, 0.25) is 0 Å². The first-order valence-corrected chi connectivity index (χ1v) is 7.07. The Balaban J connectivity index is 1.74. The Labute approximate surface area is 124 Å². The van der Waals surface area contributed by atoms with Gasteiger partial charge in [0.05, 0.1) is 5.69 Å². The third kappa shape index (κ3) is 2.84. The molecule has 21 heavy (non-hydrogen) atoms. The summed E-state index contributed by atoms with van der Waals surface area (Å²) < 4.78 is 5.33. The molecule has 1 aromatic carbocycles. The summed E-state index contributed by atoms with van der Waals surface area (Å²) in [6.07, 6.45) is 0. The maximum absolute atomic E-state index is 12.0. The van der Waals surface area contributed by atoms with Crippen molar-refractivity contribution in [3.63, 3.8) is 0 Å². The van der Waals surface area contributed by atoms with Gasteiger partial charge in [-0.1, -0.05) is 23.5 Å². The minimum Gasteiger partial charge on any atom is -0.482 e. The third-order valence-electron chi connectivity index (χ3n) is 2.88. The van der Waals surface area contributed by atoms with Gasteiger partial charge in [-0.05, 0) is 19.1 Å². The number of nitrogens with one attached hydrogen (secondary N) is 1. The van der Waals surface area contributed by atoms with E-state index in [0.717, 1.165) is 5.01 Å². The molecule has 1 aliphatic rings. The second kappa shape index (κ2) is 5.49. The molecule has 2 amide bonds. The molecule has 2 heterocycles. The predicted octanol–water partition coefficient (Wildman–Crippen LogP) is 1.21. The van der Waals surface area contributed by atoms with Crippen LogP contribution in [0.5, 0.6) is 5.75 Å². The Morgan fingerprint density at radius 3 is 3.00 bits per heavy atom. The molecule has 1 aromatic heterocycles. The lowest BCUT2D eigenvalue weighted by Gasteiger charge is -2.28. The van der Waals surface area contributed by atoms with E-state index in [1.54, 1.807) is 25.1 Å². The molecule has 2 aromatic rings. The van der Waals surface area contributed by atoms with Crippen LogP contribution in [-0.2, 0) is 9.59 Å². The Morgan fingerprint density at radius 2 is 2.24 bits per heavy atom. The number of ether oxygens (including phenoxy) is 1. The number of carbonyl (C=O) groups is 2. The molecule has 7 nitrogen and oxygen atoms in total. The second-order valence-electron chi connectivity index (χ2n) is 4.41. The average molecular weight is 304 g/mol. The number of aryl methyl sites for hydroxylation is 1. The number of fused-ring (bicyclic) bond motifs is 1. The van der Waals surface area contributed by atoms with Gasteiger partial charge in [-0.25, -0.2) is 0 Å². The molecule has 0 unspecified atom stereocenters. The summed E-state index contributed by atoms with van der Waals surface area (Å²) in [5.74, 6) is 0.0187. The fourth-order valence-electron chi connectivity index (χ4n) is 1.98. The van der Waals surface area contributed by atoms with Crippen molar-refractivity contribution in [2.45, 2.75) is 6.92 Å². The number of para-hydroxylation sites is 2. The molecule has 0 bridgehead atoms. The molecule has 0 spiro atoms. The molecule has 0 aliphatic carbocycles. The van der Waals surface area contributed by atoms with E-state index in [1.165, 1.54) is 16.2 Å². The van der Waals surface area contributed by atoms with Gasteiger partial charge in [0.2, 0.25) is 11.0 Å². The number of benzene rings is 1. The van der Waals surface area contributed by atoms with Crippen molar-refractivity contribution in [2.24, 2.45) is 0 Å². The Morgan fingerprint density at radius 1 is 1.43 bits per heavy atom. The van der Waals surface area contributed by atoms with E-state index in [-0.39, 0.29) is 25.0 Å². The topological polar surface area (TPSA) is 84.4 Å². The highest BCUT2D eigenvalue weighted by Crippen LogP contribution is 2.31. The van der Waals surface area contributed by atoms with Gasteiger partial charge in [0.1, 0.15) is 17.3 Å². The Bertz CT molecular complexity index is 700. The summed E-state index contributed by atoms with van der Waals surface area (Å²) in [5, 5.41) is 11.5. The maximum Gasteiger partial charge on any atom is 0.265 e. The van der Waals surface area contributed by atoms with Crippen molar-refractivity contribution in [3.8, 4) is 5.75 Å². The summed E-state index contributed by atoms with van der Waals surface area (Å²) in [4.78, 5) is 25.4. The van der Waals surface area contributed by atoms with Crippen molar-refractivity contribution in [1.29, 1.82) is 0 Å². The van der Waals surface area contributed by atoms with E-state index >= 15 is 0 Å². The number of carbonyl (C=O) groups excluding carboxylic acids is 2. The van der Waals surface area contributed by atoms with Crippen molar-refractivity contribution in [1.82, 2.24) is 10.2 Å². The normalized spacial score (nSPS) is 13.6. The Kier molecular flexibility index (Phi) is 3.53. The van der Waals surface area contributed by atoms with Crippen LogP contribution in [0.4, 0.5) is 10.8 Å². The van der Waals surface area contributed by atoms with Crippen LogP contribution < -0.4 is 15.0 Å². The lowest BCUT2D eigenvalue weighted by atomic mass is 10.2. The molecule has 0 radical (unpaired) electrons. The Hall–Kier alpha value is -2.48. The molecule has 8 heteroatoms. The van der Waals surface area contributed by atoms with E-state index in [1.807, 2.05) is 6.07 Å². The lowest BCUT2D eigenvalue weighted by Crippen LogP contribution is -2.43. The number of hydrogen-bond acceptors (Lipinski definition) is 6. The SMILES string of the molecule is Cc1nnc(NC(=O)CN2C(=O)COc3ccccc32)s1. The fourth-order valence-corrected chi connectivity index (χ4v) is 2.58. The molecular weight excluding hydrogens is 292 g/mol. The van der Waals surface area contributed by atoms with Crippen molar-refractivity contribution >= 4 is 34.0 Å². The summed E-state index contributed by atoms with van der Waals surface area (Å²) >= 11 is 1.28. The molecule has 0 saturated heterocycles. The molecule has 0 saturated carbocycles. The molecule has 108 valence electrons. The highest BCUT2D eigenvalue weighted by atomic mass is 32.1. The number of aromatic nitrogens is 2. The molecule has 3 rings (SSSR count). The summed E-state index contributed by atoms with van der Waals surface area (Å²) in [6, 6.07) is 7.12. The van der Waals surface area contributed by atoms with Gasteiger partial charge in [-0.3, -0.25) is 19.8 Å².